The van der Waals surface area contributed by atoms with E-state index in [0.717, 1.165) is 0 Å². The number of aliphatic hydroxyl groups is 1. The average Bonchev–Trinajstić information content (AvgIpc) is 2.46. The topological polar surface area (TPSA) is 59.0 Å². The quantitative estimate of drug-likeness (QED) is 0.770. The number of amides is 1. The fourth-order valence-corrected chi connectivity index (χ4v) is 1.76. The highest BCUT2D eigenvalue weighted by atomic mass is 16.6. The second-order valence-corrected chi connectivity index (χ2v) is 5.05. The van der Waals surface area contributed by atoms with Crippen LogP contribution in [0.3, 0.4) is 0 Å². The minimum absolute atomic E-state index is 0.292. The third kappa shape index (κ3) is 3.35. The van der Waals surface area contributed by atoms with Crippen LogP contribution in [0.5, 0.6) is 0 Å². The molecule has 1 amide bonds. The summed E-state index contributed by atoms with van der Waals surface area (Å²) in [4.78, 5) is 13.4. The van der Waals surface area contributed by atoms with Crippen LogP contribution in [0.25, 0.3) is 0 Å². The Balaban J connectivity index is 2.61. The van der Waals surface area contributed by atoms with E-state index in [9.17, 15) is 9.90 Å². The number of nitrogens with zero attached hydrogens (tertiary/aromatic N) is 1. The van der Waals surface area contributed by atoms with Gasteiger partial charge in [-0.05, 0) is 27.2 Å². The zero-order valence-corrected chi connectivity index (χ0v) is 10.4. The Morgan fingerprint density at radius 2 is 2.12 bits per heavy atom. The number of ether oxygens (including phenoxy) is 2. The summed E-state index contributed by atoms with van der Waals surface area (Å²) < 4.78 is 10.3. The molecule has 1 heterocycles. The molecular weight excluding hydrogens is 210 g/mol. The zero-order chi connectivity index (χ0) is 12.3. The summed E-state index contributed by atoms with van der Waals surface area (Å²) in [5.74, 6) is 0. The Morgan fingerprint density at radius 3 is 2.62 bits per heavy atom. The van der Waals surface area contributed by atoms with E-state index in [2.05, 4.69) is 0 Å². The van der Waals surface area contributed by atoms with Crippen LogP contribution in [0.1, 0.15) is 27.2 Å². The van der Waals surface area contributed by atoms with E-state index >= 15 is 0 Å². The molecule has 0 spiro atoms. The van der Waals surface area contributed by atoms with Gasteiger partial charge in [-0.3, -0.25) is 0 Å². The van der Waals surface area contributed by atoms with Crippen LogP contribution in [0.2, 0.25) is 0 Å². The van der Waals surface area contributed by atoms with E-state index in [1.54, 1.807) is 12.0 Å². The summed E-state index contributed by atoms with van der Waals surface area (Å²) in [7, 11) is 1.55. The molecule has 5 heteroatoms. The summed E-state index contributed by atoms with van der Waals surface area (Å²) in [5.41, 5.74) is -0.512. The Bertz CT molecular complexity index is 249. The molecule has 1 rings (SSSR count). The number of aliphatic hydroxyl groups excluding tert-OH is 1. The Kier molecular flexibility index (Phi) is 4.15. The van der Waals surface area contributed by atoms with Crippen molar-refractivity contribution in [2.75, 3.05) is 20.3 Å². The van der Waals surface area contributed by atoms with E-state index in [1.165, 1.54) is 0 Å². The third-order valence-electron chi connectivity index (χ3n) is 2.48. The first-order valence-electron chi connectivity index (χ1n) is 5.52. The van der Waals surface area contributed by atoms with Crippen LogP contribution >= 0.6 is 0 Å². The Hall–Kier alpha value is -0.810. The first kappa shape index (κ1) is 13.3. The monoisotopic (exact) mass is 231 g/mol. The minimum Gasteiger partial charge on any atom is -0.444 e. The molecule has 0 aromatic rings. The van der Waals surface area contributed by atoms with Gasteiger partial charge in [0.1, 0.15) is 5.60 Å². The van der Waals surface area contributed by atoms with Crippen LogP contribution in [0, 0.1) is 0 Å². The number of carbonyl (C=O) groups excluding carboxylic acids is 1. The SMILES string of the molecule is COC[C@@H]1[C@@H](O)CCN1C(=O)OC(C)(C)C. The van der Waals surface area contributed by atoms with Gasteiger partial charge in [-0.1, -0.05) is 0 Å². The first-order valence-corrected chi connectivity index (χ1v) is 5.52. The van der Waals surface area contributed by atoms with Crippen LogP contribution in [0.15, 0.2) is 0 Å². The van der Waals surface area contributed by atoms with Crippen molar-refractivity contribution in [2.45, 2.75) is 44.9 Å². The van der Waals surface area contributed by atoms with Gasteiger partial charge in [0.2, 0.25) is 0 Å². The molecule has 16 heavy (non-hydrogen) atoms. The molecule has 94 valence electrons. The standard InChI is InChI=1S/C11H21NO4/c1-11(2,3)16-10(14)12-6-5-9(13)8(12)7-15-4/h8-9,13H,5-7H2,1-4H3/t8-,9+/m1/s1. The first-order chi connectivity index (χ1) is 7.35. The molecule has 0 unspecified atom stereocenters. The van der Waals surface area contributed by atoms with Gasteiger partial charge in [0.15, 0.2) is 0 Å². The lowest BCUT2D eigenvalue weighted by Crippen LogP contribution is -2.44. The molecule has 1 aliphatic heterocycles. The maximum absolute atomic E-state index is 11.8. The zero-order valence-electron chi connectivity index (χ0n) is 10.4. The van der Waals surface area contributed by atoms with Gasteiger partial charge in [-0.15, -0.1) is 0 Å². The predicted octanol–water partition coefficient (Wildman–Crippen LogP) is 1.00. The van der Waals surface area contributed by atoms with Crippen molar-refractivity contribution in [1.82, 2.24) is 4.90 Å². The van der Waals surface area contributed by atoms with E-state index in [0.29, 0.717) is 19.6 Å². The van der Waals surface area contributed by atoms with Crippen LogP contribution in [-0.4, -0.2) is 54.1 Å². The van der Waals surface area contributed by atoms with Gasteiger partial charge < -0.3 is 19.5 Å². The number of rotatable bonds is 2. The highest BCUT2D eigenvalue weighted by Gasteiger charge is 2.37. The highest BCUT2D eigenvalue weighted by Crippen LogP contribution is 2.21. The van der Waals surface area contributed by atoms with Crippen molar-refractivity contribution in [3.63, 3.8) is 0 Å². The molecular formula is C11H21NO4. The fraction of sp³-hybridized carbons (Fsp3) is 0.909. The number of methoxy groups -OCH3 is 1. The van der Waals surface area contributed by atoms with Crippen molar-refractivity contribution >= 4 is 6.09 Å². The van der Waals surface area contributed by atoms with E-state index < -0.39 is 11.7 Å². The Labute approximate surface area is 96.3 Å². The lowest BCUT2D eigenvalue weighted by Gasteiger charge is -2.29. The molecule has 2 atom stereocenters. The summed E-state index contributed by atoms with van der Waals surface area (Å²) in [5, 5.41) is 9.71. The number of likely N-dealkylation sites (tertiary alicyclic amines) is 1. The van der Waals surface area contributed by atoms with Crippen LogP contribution in [-0.2, 0) is 9.47 Å². The number of hydrogen-bond acceptors (Lipinski definition) is 4. The van der Waals surface area contributed by atoms with Gasteiger partial charge in [0.25, 0.3) is 0 Å². The highest BCUT2D eigenvalue weighted by molar-refractivity contribution is 5.69. The fourth-order valence-electron chi connectivity index (χ4n) is 1.76. The molecule has 1 fully saturated rings. The molecule has 0 radical (unpaired) electrons. The van der Waals surface area contributed by atoms with Gasteiger partial charge in [-0.2, -0.15) is 0 Å². The van der Waals surface area contributed by atoms with Crippen molar-refractivity contribution in [1.29, 1.82) is 0 Å². The summed E-state index contributed by atoms with van der Waals surface area (Å²) in [6.07, 6.45) is -0.327. The van der Waals surface area contributed by atoms with Gasteiger partial charge in [0, 0.05) is 13.7 Å². The van der Waals surface area contributed by atoms with E-state index in [4.69, 9.17) is 9.47 Å². The maximum Gasteiger partial charge on any atom is 0.410 e. The largest absolute Gasteiger partial charge is 0.444 e. The number of hydrogen-bond donors (Lipinski definition) is 1. The molecule has 1 N–H and O–H groups in total. The molecule has 0 aliphatic carbocycles. The maximum atomic E-state index is 11.8. The second-order valence-electron chi connectivity index (χ2n) is 5.05. The molecule has 0 saturated carbocycles. The molecule has 0 aromatic heterocycles. The van der Waals surface area contributed by atoms with Crippen LogP contribution in [0.4, 0.5) is 4.79 Å². The molecule has 0 aromatic carbocycles. The van der Waals surface area contributed by atoms with Crippen LogP contribution < -0.4 is 0 Å². The lowest BCUT2D eigenvalue weighted by molar-refractivity contribution is 0.00180. The van der Waals surface area contributed by atoms with Gasteiger partial charge in [-0.25, -0.2) is 4.79 Å². The second kappa shape index (κ2) is 5.01. The lowest BCUT2D eigenvalue weighted by atomic mass is 10.2. The van der Waals surface area contributed by atoms with Crippen molar-refractivity contribution in [3.8, 4) is 0 Å². The van der Waals surface area contributed by atoms with Crippen molar-refractivity contribution in [2.24, 2.45) is 0 Å². The number of carbonyl (C=O) groups is 1. The van der Waals surface area contributed by atoms with Crippen molar-refractivity contribution < 1.29 is 19.4 Å². The summed E-state index contributed by atoms with van der Waals surface area (Å²) in [6, 6.07) is -0.292. The third-order valence-corrected chi connectivity index (χ3v) is 2.48. The predicted molar refractivity (Wildman–Crippen MR) is 59.2 cm³/mol. The van der Waals surface area contributed by atoms with E-state index in [-0.39, 0.29) is 12.1 Å². The molecule has 1 saturated heterocycles. The summed E-state index contributed by atoms with van der Waals surface area (Å²) in [6.45, 7) is 6.32. The van der Waals surface area contributed by atoms with Gasteiger partial charge >= 0.3 is 6.09 Å². The average molecular weight is 231 g/mol. The van der Waals surface area contributed by atoms with Gasteiger partial charge in [0.05, 0.1) is 18.8 Å². The Morgan fingerprint density at radius 1 is 1.50 bits per heavy atom. The summed E-state index contributed by atoms with van der Waals surface area (Å²) >= 11 is 0. The van der Waals surface area contributed by atoms with E-state index in [1.807, 2.05) is 20.8 Å². The molecule has 0 bridgehead atoms. The molecule has 1 aliphatic rings. The smallest absolute Gasteiger partial charge is 0.410 e. The van der Waals surface area contributed by atoms with Crippen molar-refractivity contribution in [3.05, 3.63) is 0 Å². The normalized spacial score (nSPS) is 25.9. The molecule has 5 nitrogen and oxygen atoms in total. The minimum atomic E-state index is -0.521.